The highest BCUT2D eigenvalue weighted by Gasteiger charge is 2.37. The molecule has 3 fully saturated rings. The SMILES string of the molecule is CC(=O)N(CCCNC[C@H](O)c1ccc(O)c2[nH]c(=O)ccc12)CCOC(=O)c1ccc(COc2cccc(C(NC(=O)O[C@H]3CN4CCC3CC4)c3ccccc3)c2)cc1. The summed E-state index contributed by atoms with van der Waals surface area (Å²) in [6, 6.07) is 29.9. The zero-order valence-electron chi connectivity index (χ0n) is 34.3. The predicted molar refractivity (Wildman–Crippen MR) is 229 cm³/mol. The number of fused-ring (bicyclic) bond motifs is 4. The Bertz CT molecular complexity index is 2330. The molecular weight excluding hydrogens is 779 g/mol. The van der Waals surface area contributed by atoms with Crippen molar-refractivity contribution in [3.63, 3.8) is 0 Å². The molecule has 1 aromatic heterocycles. The number of amides is 2. The van der Waals surface area contributed by atoms with E-state index in [9.17, 15) is 29.4 Å². The minimum Gasteiger partial charge on any atom is -0.506 e. The van der Waals surface area contributed by atoms with E-state index in [0.29, 0.717) is 47.7 Å². The van der Waals surface area contributed by atoms with Crippen LogP contribution in [0.1, 0.15) is 70.9 Å². The maximum absolute atomic E-state index is 13.2. The highest BCUT2D eigenvalue weighted by molar-refractivity contribution is 5.89. The largest absolute Gasteiger partial charge is 0.506 e. The monoisotopic (exact) mass is 831 g/mol. The average molecular weight is 832 g/mol. The van der Waals surface area contributed by atoms with Gasteiger partial charge >= 0.3 is 12.1 Å². The van der Waals surface area contributed by atoms with E-state index >= 15 is 0 Å². The van der Waals surface area contributed by atoms with Gasteiger partial charge in [0.2, 0.25) is 11.5 Å². The van der Waals surface area contributed by atoms with Crippen LogP contribution in [0.5, 0.6) is 11.5 Å². The van der Waals surface area contributed by atoms with Gasteiger partial charge in [0.05, 0.1) is 29.8 Å². The third-order valence-corrected chi connectivity index (χ3v) is 11.5. The quantitative estimate of drug-likeness (QED) is 0.0560. The van der Waals surface area contributed by atoms with Crippen molar-refractivity contribution < 1.29 is 38.8 Å². The molecule has 0 aliphatic carbocycles. The number of aromatic hydroxyl groups is 1. The first-order valence-electron chi connectivity index (χ1n) is 20.8. The number of phenols is 1. The molecule has 3 aliphatic heterocycles. The number of H-pyrrole nitrogens is 1. The maximum atomic E-state index is 13.2. The molecule has 3 atom stereocenters. The molecule has 14 heteroatoms. The first-order chi connectivity index (χ1) is 29.6. The van der Waals surface area contributed by atoms with Crippen molar-refractivity contribution in [3.05, 3.63) is 141 Å². The first-order valence-corrected chi connectivity index (χ1v) is 20.8. The number of carbonyl (C=O) groups is 3. The van der Waals surface area contributed by atoms with E-state index in [2.05, 4.69) is 20.5 Å². The van der Waals surface area contributed by atoms with Crippen molar-refractivity contribution in [1.29, 1.82) is 0 Å². The van der Waals surface area contributed by atoms with Gasteiger partial charge in [-0.1, -0.05) is 60.7 Å². The van der Waals surface area contributed by atoms with Crippen molar-refractivity contribution in [2.45, 2.75) is 51.0 Å². The number of benzene rings is 4. The molecule has 8 rings (SSSR count). The van der Waals surface area contributed by atoms with Crippen LogP contribution in [0.25, 0.3) is 10.9 Å². The Balaban J connectivity index is 0.844. The number of nitrogens with zero attached hydrogens (tertiary/aromatic N) is 2. The summed E-state index contributed by atoms with van der Waals surface area (Å²) in [5.41, 5.74) is 3.48. The van der Waals surface area contributed by atoms with Gasteiger partial charge < -0.3 is 44.9 Å². The van der Waals surface area contributed by atoms with Gasteiger partial charge in [-0.15, -0.1) is 0 Å². The van der Waals surface area contributed by atoms with Gasteiger partial charge in [-0.3, -0.25) is 14.5 Å². The van der Waals surface area contributed by atoms with E-state index in [1.165, 1.54) is 19.1 Å². The summed E-state index contributed by atoms with van der Waals surface area (Å²) in [7, 11) is 0. The van der Waals surface area contributed by atoms with Crippen LogP contribution >= 0.6 is 0 Å². The lowest BCUT2D eigenvalue weighted by Gasteiger charge is -2.43. The van der Waals surface area contributed by atoms with Crippen molar-refractivity contribution in [1.82, 2.24) is 25.4 Å². The zero-order chi connectivity index (χ0) is 42.7. The van der Waals surface area contributed by atoms with E-state index < -0.39 is 24.2 Å². The van der Waals surface area contributed by atoms with Gasteiger partial charge in [-0.2, -0.15) is 0 Å². The van der Waals surface area contributed by atoms with Crippen LogP contribution in [-0.4, -0.2) is 101 Å². The second-order valence-electron chi connectivity index (χ2n) is 15.6. The predicted octanol–water partition coefficient (Wildman–Crippen LogP) is 5.44. The van der Waals surface area contributed by atoms with Crippen molar-refractivity contribution in [2.75, 3.05) is 52.4 Å². The third kappa shape index (κ3) is 11.3. The Kier molecular flexibility index (Phi) is 14.3. The highest BCUT2D eigenvalue weighted by Crippen LogP contribution is 2.31. The summed E-state index contributed by atoms with van der Waals surface area (Å²) in [5.74, 6) is 0.305. The van der Waals surface area contributed by atoms with Crippen LogP contribution in [-0.2, 0) is 20.9 Å². The minimum atomic E-state index is -0.892. The van der Waals surface area contributed by atoms with Crippen molar-refractivity contribution >= 4 is 28.9 Å². The fourth-order valence-corrected chi connectivity index (χ4v) is 8.08. The Labute approximate surface area is 354 Å². The number of ether oxygens (including phenoxy) is 3. The van der Waals surface area contributed by atoms with Gasteiger partial charge in [0, 0.05) is 38.0 Å². The van der Waals surface area contributed by atoms with Gasteiger partial charge in [-0.25, -0.2) is 9.59 Å². The summed E-state index contributed by atoms with van der Waals surface area (Å²) >= 11 is 0. The van der Waals surface area contributed by atoms with Crippen LogP contribution in [0, 0.1) is 5.92 Å². The maximum Gasteiger partial charge on any atom is 0.408 e. The Morgan fingerprint density at radius 1 is 0.918 bits per heavy atom. The Hall–Kier alpha value is -6.22. The average Bonchev–Trinajstić information content (AvgIpc) is 3.28. The molecule has 61 heavy (non-hydrogen) atoms. The first kappa shape index (κ1) is 42.9. The molecule has 4 aromatic carbocycles. The smallest absolute Gasteiger partial charge is 0.408 e. The van der Waals surface area contributed by atoms with E-state index in [1.807, 2.05) is 54.6 Å². The number of hydrogen-bond donors (Lipinski definition) is 5. The number of hydrogen-bond acceptors (Lipinski definition) is 11. The number of esters is 1. The molecule has 0 saturated carbocycles. The molecule has 5 aromatic rings. The van der Waals surface area contributed by atoms with Crippen LogP contribution in [0.3, 0.4) is 0 Å². The van der Waals surface area contributed by atoms with Crippen LogP contribution in [0.4, 0.5) is 4.79 Å². The number of aromatic amines is 1. The number of carbonyl (C=O) groups excluding carboxylic acids is 3. The minimum absolute atomic E-state index is 0.0258. The fraction of sp³-hybridized carbons (Fsp3) is 0.362. The van der Waals surface area contributed by atoms with Gasteiger partial charge in [-0.05, 0) is 103 Å². The van der Waals surface area contributed by atoms with E-state index in [0.717, 1.165) is 49.2 Å². The summed E-state index contributed by atoms with van der Waals surface area (Å²) in [6.07, 6.45) is 1.28. The second kappa shape index (κ2) is 20.4. The fourth-order valence-electron chi connectivity index (χ4n) is 8.08. The second-order valence-corrected chi connectivity index (χ2v) is 15.6. The van der Waals surface area contributed by atoms with E-state index in [4.69, 9.17) is 14.2 Å². The number of aromatic nitrogens is 1. The van der Waals surface area contributed by atoms with Crippen molar-refractivity contribution in [3.8, 4) is 11.5 Å². The topological polar surface area (TPSA) is 183 Å². The van der Waals surface area contributed by atoms with Crippen molar-refractivity contribution in [2.24, 2.45) is 5.92 Å². The lowest BCUT2D eigenvalue weighted by molar-refractivity contribution is -0.129. The van der Waals surface area contributed by atoms with Gasteiger partial charge in [0.1, 0.15) is 30.8 Å². The normalized spacial score (nSPS) is 17.9. The molecule has 2 bridgehead atoms. The van der Waals surface area contributed by atoms with E-state index in [1.54, 1.807) is 41.3 Å². The summed E-state index contributed by atoms with van der Waals surface area (Å²) in [4.78, 5) is 56.7. The number of nitrogens with one attached hydrogen (secondary N) is 3. The number of alkyl carbamates (subject to hydrolysis) is 1. The standard InChI is InChI=1S/C47H53N5O9/c1-31(53)52(22-6-21-48-28-41(55)38-15-17-40(54)45-39(38)16-18-43(56)49-45)25-26-59-46(57)35-13-11-32(12-14-35)30-60-37-10-5-9-36(27-37)44(34-7-3-2-4-8-34)50-47(58)61-42-29-51-23-19-33(42)20-24-51/h2-5,7-18,27,33,41-42,44,48,54-55H,6,19-26,28-30H2,1H3,(H,49,56)(H,50,58)/t41-,42-,44?/m0/s1. The number of phenolic OH excluding ortho intramolecular Hbond substituents is 1. The number of aliphatic hydroxyl groups excluding tert-OH is 1. The molecule has 3 aliphatic rings. The molecule has 0 spiro atoms. The van der Waals surface area contributed by atoms with Gasteiger partial charge in [0.15, 0.2) is 0 Å². The molecule has 1 unspecified atom stereocenters. The molecule has 4 heterocycles. The summed E-state index contributed by atoms with van der Waals surface area (Å²) in [5, 5.41) is 27.7. The molecular formula is C47H53N5O9. The zero-order valence-corrected chi connectivity index (χ0v) is 34.3. The molecule has 3 saturated heterocycles. The Morgan fingerprint density at radius 3 is 2.43 bits per heavy atom. The lowest BCUT2D eigenvalue weighted by Crippen LogP contribution is -2.52. The third-order valence-electron chi connectivity index (χ3n) is 11.5. The molecule has 2 amide bonds. The van der Waals surface area contributed by atoms with Crippen LogP contribution < -0.4 is 20.9 Å². The number of rotatable bonds is 18. The Morgan fingerprint density at radius 2 is 1.69 bits per heavy atom. The van der Waals surface area contributed by atoms with E-state index in [-0.39, 0.29) is 55.1 Å². The molecule has 14 nitrogen and oxygen atoms in total. The summed E-state index contributed by atoms with van der Waals surface area (Å²) in [6.45, 7) is 6.05. The molecule has 0 radical (unpaired) electrons. The number of aliphatic hydroxyl groups is 1. The van der Waals surface area contributed by atoms with Gasteiger partial charge in [0.25, 0.3) is 0 Å². The number of piperidine rings is 3. The number of pyridine rings is 1. The summed E-state index contributed by atoms with van der Waals surface area (Å²) < 4.78 is 17.6. The van der Waals surface area contributed by atoms with Crippen LogP contribution in [0.2, 0.25) is 0 Å². The van der Waals surface area contributed by atoms with Crippen LogP contribution in [0.15, 0.2) is 108 Å². The highest BCUT2D eigenvalue weighted by atomic mass is 16.6. The molecule has 5 N–H and O–H groups in total. The molecule has 320 valence electrons. The lowest BCUT2D eigenvalue weighted by atomic mass is 9.86.